The van der Waals surface area contributed by atoms with Crippen molar-refractivity contribution in [3.8, 4) is 11.5 Å². The summed E-state index contributed by atoms with van der Waals surface area (Å²) in [5.41, 5.74) is 6.14. The second kappa shape index (κ2) is 5.27. The van der Waals surface area contributed by atoms with Gasteiger partial charge in [0, 0.05) is 12.5 Å². The summed E-state index contributed by atoms with van der Waals surface area (Å²) in [4.78, 5) is 25.0. The van der Waals surface area contributed by atoms with E-state index in [0.717, 1.165) is 4.90 Å². The maximum atomic E-state index is 12.0. The van der Waals surface area contributed by atoms with E-state index in [1.165, 1.54) is 14.2 Å². The lowest BCUT2D eigenvalue weighted by Crippen LogP contribution is -2.51. The number of imide groups is 1. The number of amides is 2. The van der Waals surface area contributed by atoms with Crippen molar-refractivity contribution in [2.24, 2.45) is 5.73 Å². The minimum atomic E-state index is -0.634. The Morgan fingerprint density at radius 1 is 1.21 bits per heavy atom. The number of ether oxygens (including phenoxy) is 2. The maximum absolute atomic E-state index is 12.0. The molecule has 1 aromatic carbocycles. The number of methoxy groups -OCH3 is 2. The van der Waals surface area contributed by atoms with E-state index in [4.69, 9.17) is 15.2 Å². The predicted octanol–water partition coefficient (Wildman–Crippen LogP) is 0.684. The molecule has 1 atom stereocenters. The third-order valence-corrected chi connectivity index (χ3v) is 3.08. The van der Waals surface area contributed by atoms with Gasteiger partial charge in [0.1, 0.15) is 0 Å². The fraction of sp³-hybridized carbons (Fsp3) is 0.385. The molecule has 19 heavy (non-hydrogen) atoms. The summed E-state index contributed by atoms with van der Waals surface area (Å²) in [5.74, 6) is 0.356. The number of carbonyl (C=O) groups excluding carboxylic acids is 2. The number of rotatable bonds is 3. The van der Waals surface area contributed by atoms with Crippen molar-refractivity contribution in [1.82, 2.24) is 0 Å². The maximum Gasteiger partial charge on any atom is 0.250 e. The van der Waals surface area contributed by atoms with Crippen LogP contribution in [-0.4, -0.2) is 32.1 Å². The van der Waals surface area contributed by atoms with Gasteiger partial charge in [0.25, 0.3) is 5.91 Å². The molecule has 0 aliphatic carbocycles. The van der Waals surface area contributed by atoms with Crippen molar-refractivity contribution in [2.45, 2.75) is 18.9 Å². The van der Waals surface area contributed by atoms with Gasteiger partial charge in [-0.05, 0) is 18.6 Å². The normalized spacial score (nSPS) is 19.5. The molecule has 0 radical (unpaired) electrons. The molecule has 0 spiro atoms. The van der Waals surface area contributed by atoms with Gasteiger partial charge in [-0.15, -0.1) is 0 Å². The first-order valence-corrected chi connectivity index (χ1v) is 5.93. The molecule has 6 nitrogen and oxygen atoms in total. The summed E-state index contributed by atoms with van der Waals surface area (Å²) in [6.07, 6.45) is 0.655. The van der Waals surface area contributed by atoms with Gasteiger partial charge in [-0.3, -0.25) is 9.59 Å². The third-order valence-electron chi connectivity index (χ3n) is 3.08. The van der Waals surface area contributed by atoms with Gasteiger partial charge >= 0.3 is 0 Å². The molecule has 1 heterocycles. The molecule has 0 aromatic heterocycles. The van der Waals surface area contributed by atoms with Crippen LogP contribution < -0.4 is 20.1 Å². The smallest absolute Gasteiger partial charge is 0.250 e. The Balaban J connectivity index is 2.40. The largest absolute Gasteiger partial charge is 0.493 e. The molecule has 2 rings (SSSR count). The molecule has 2 N–H and O–H groups in total. The Hall–Kier alpha value is -2.08. The van der Waals surface area contributed by atoms with Crippen LogP contribution in [0.2, 0.25) is 0 Å². The molecule has 1 aromatic rings. The molecule has 1 unspecified atom stereocenters. The highest BCUT2D eigenvalue weighted by Gasteiger charge is 2.33. The molecular weight excluding hydrogens is 248 g/mol. The fourth-order valence-electron chi connectivity index (χ4n) is 2.04. The number of hydrogen-bond acceptors (Lipinski definition) is 5. The predicted molar refractivity (Wildman–Crippen MR) is 69.2 cm³/mol. The molecule has 1 aliphatic rings. The summed E-state index contributed by atoms with van der Waals surface area (Å²) in [7, 11) is 3.01. The van der Waals surface area contributed by atoms with E-state index in [-0.39, 0.29) is 18.2 Å². The highest BCUT2D eigenvalue weighted by molar-refractivity contribution is 6.18. The van der Waals surface area contributed by atoms with Gasteiger partial charge in [-0.1, -0.05) is 0 Å². The summed E-state index contributed by atoms with van der Waals surface area (Å²) in [6, 6.07) is 4.24. The van der Waals surface area contributed by atoms with Crippen molar-refractivity contribution in [3.05, 3.63) is 18.2 Å². The summed E-state index contributed by atoms with van der Waals surface area (Å²) in [5, 5.41) is 0. The van der Waals surface area contributed by atoms with E-state index in [1.807, 2.05) is 0 Å². The van der Waals surface area contributed by atoms with Gasteiger partial charge < -0.3 is 15.2 Å². The van der Waals surface area contributed by atoms with Crippen molar-refractivity contribution in [2.75, 3.05) is 19.1 Å². The number of hydrogen-bond donors (Lipinski definition) is 1. The monoisotopic (exact) mass is 264 g/mol. The lowest BCUT2D eigenvalue weighted by molar-refractivity contribution is -0.130. The van der Waals surface area contributed by atoms with Gasteiger partial charge in [0.05, 0.1) is 25.9 Å². The number of piperidine rings is 1. The van der Waals surface area contributed by atoms with Crippen LogP contribution in [0.25, 0.3) is 0 Å². The summed E-state index contributed by atoms with van der Waals surface area (Å²) in [6.45, 7) is 0. The number of carbonyl (C=O) groups is 2. The fourth-order valence-corrected chi connectivity index (χ4v) is 2.04. The Bertz CT molecular complexity index is 515. The number of nitrogens with zero attached hydrogens (tertiary/aromatic N) is 1. The number of benzene rings is 1. The standard InChI is InChI=1S/C13H16N2O4/c1-18-10-5-3-8(7-11(10)19-2)15-12(16)6-4-9(14)13(15)17/h3,5,7,9H,4,6,14H2,1-2H3. The van der Waals surface area contributed by atoms with Crippen LogP contribution in [-0.2, 0) is 9.59 Å². The molecule has 0 saturated carbocycles. The van der Waals surface area contributed by atoms with Crippen LogP contribution in [0, 0.1) is 0 Å². The zero-order valence-corrected chi connectivity index (χ0v) is 10.9. The van der Waals surface area contributed by atoms with Gasteiger partial charge in [-0.25, -0.2) is 4.90 Å². The van der Waals surface area contributed by atoms with E-state index < -0.39 is 6.04 Å². The number of anilines is 1. The number of nitrogens with two attached hydrogens (primary N) is 1. The van der Waals surface area contributed by atoms with Crippen LogP contribution in [0.5, 0.6) is 11.5 Å². The SMILES string of the molecule is COc1ccc(N2C(=O)CCC(N)C2=O)cc1OC. The zero-order chi connectivity index (χ0) is 14.0. The van der Waals surface area contributed by atoms with E-state index in [1.54, 1.807) is 18.2 Å². The molecule has 1 fully saturated rings. The molecular formula is C13H16N2O4. The van der Waals surface area contributed by atoms with E-state index >= 15 is 0 Å². The minimum absolute atomic E-state index is 0.251. The minimum Gasteiger partial charge on any atom is -0.493 e. The van der Waals surface area contributed by atoms with E-state index in [9.17, 15) is 9.59 Å². The Kier molecular flexibility index (Phi) is 3.71. The molecule has 0 bridgehead atoms. The van der Waals surface area contributed by atoms with Gasteiger partial charge in [0.2, 0.25) is 5.91 Å². The second-order valence-electron chi connectivity index (χ2n) is 4.25. The summed E-state index contributed by atoms with van der Waals surface area (Å²) < 4.78 is 10.3. The zero-order valence-electron chi connectivity index (χ0n) is 10.9. The highest BCUT2D eigenvalue weighted by Crippen LogP contribution is 2.32. The van der Waals surface area contributed by atoms with E-state index in [2.05, 4.69) is 0 Å². The molecule has 6 heteroatoms. The third kappa shape index (κ3) is 2.39. The Morgan fingerprint density at radius 3 is 2.53 bits per heavy atom. The first-order valence-electron chi connectivity index (χ1n) is 5.93. The van der Waals surface area contributed by atoms with Gasteiger partial charge in [-0.2, -0.15) is 0 Å². The van der Waals surface area contributed by atoms with Crippen molar-refractivity contribution in [1.29, 1.82) is 0 Å². The lowest BCUT2D eigenvalue weighted by atomic mass is 10.0. The molecule has 102 valence electrons. The quantitative estimate of drug-likeness (QED) is 0.812. The lowest BCUT2D eigenvalue weighted by Gasteiger charge is -2.29. The van der Waals surface area contributed by atoms with E-state index in [0.29, 0.717) is 23.6 Å². The van der Waals surface area contributed by atoms with Crippen LogP contribution in [0.3, 0.4) is 0 Å². The van der Waals surface area contributed by atoms with Gasteiger partial charge in [0.15, 0.2) is 11.5 Å². The van der Waals surface area contributed by atoms with Crippen molar-refractivity contribution in [3.63, 3.8) is 0 Å². The average Bonchev–Trinajstić information content (AvgIpc) is 2.43. The van der Waals surface area contributed by atoms with Crippen LogP contribution in [0.1, 0.15) is 12.8 Å². The molecule has 2 amide bonds. The van der Waals surface area contributed by atoms with Crippen LogP contribution >= 0.6 is 0 Å². The summed E-state index contributed by atoms with van der Waals surface area (Å²) >= 11 is 0. The Labute approximate surface area is 111 Å². The average molecular weight is 264 g/mol. The molecule has 1 aliphatic heterocycles. The van der Waals surface area contributed by atoms with Crippen LogP contribution in [0.4, 0.5) is 5.69 Å². The van der Waals surface area contributed by atoms with Crippen LogP contribution in [0.15, 0.2) is 18.2 Å². The van der Waals surface area contributed by atoms with Crippen molar-refractivity contribution < 1.29 is 19.1 Å². The van der Waals surface area contributed by atoms with Crippen molar-refractivity contribution >= 4 is 17.5 Å². The highest BCUT2D eigenvalue weighted by atomic mass is 16.5. The first kappa shape index (κ1) is 13.4. The molecule has 1 saturated heterocycles. The topological polar surface area (TPSA) is 81.9 Å². The first-order chi connectivity index (χ1) is 9.08. The second-order valence-corrected chi connectivity index (χ2v) is 4.25. The Morgan fingerprint density at radius 2 is 1.89 bits per heavy atom.